The van der Waals surface area contributed by atoms with Gasteiger partial charge in [-0.25, -0.2) is 0 Å². The van der Waals surface area contributed by atoms with E-state index in [2.05, 4.69) is 5.32 Å². The second kappa shape index (κ2) is 6.96. The molecule has 21 heavy (non-hydrogen) atoms. The van der Waals surface area contributed by atoms with Crippen LogP contribution in [-0.2, 0) is 11.3 Å². The van der Waals surface area contributed by atoms with E-state index in [0.717, 1.165) is 5.56 Å². The molecule has 0 aliphatic carbocycles. The summed E-state index contributed by atoms with van der Waals surface area (Å²) in [6.45, 7) is 0.293. The number of nitrogens with two attached hydrogens (primary N) is 1. The monoisotopic (exact) mass is 281 g/mol. The average Bonchev–Trinajstić information content (AvgIpc) is 2.52. The van der Waals surface area contributed by atoms with Gasteiger partial charge < -0.3 is 15.8 Å². The van der Waals surface area contributed by atoms with Crippen LogP contribution >= 0.6 is 0 Å². The molecule has 0 heterocycles. The number of anilines is 1. The fraction of sp³-hybridized carbons (Fsp3) is 0.125. The van der Waals surface area contributed by atoms with E-state index in [4.69, 9.17) is 15.7 Å². The molecule has 0 fully saturated rings. The van der Waals surface area contributed by atoms with Crippen molar-refractivity contribution >= 4 is 11.6 Å². The van der Waals surface area contributed by atoms with Crippen LogP contribution in [0.4, 0.5) is 5.69 Å². The molecule has 0 saturated heterocycles. The molecular formula is C16H15N3O2. The van der Waals surface area contributed by atoms with Crippen LogP contribution in [0.2, 0.25) is 0 Å². The summed E-state index contributed by atoms with van der Waals surface area (Å²) < 4.78 is 5.34. The molecule has 1 amide bonds. The standard InChI is InChI=1S/C16H15N3O2/c17-9-13-8-14(18)6-7-15(13)21-11-16(20)19-10-12-4-2-1-3-5-12/h1-8H,10-11,18H2,(H,19,20). The van der Waals surface area contributed by atoms with Crippen molar-refractivity contribution < 1.29 is 9.53 Å². The summed E-state index contributed by atoms with van der Waals surface area (Å²) in [4.78, 5) is 11.7. The Morgan fingerprint density at radius 2 is 2.00 bits per heavy atom. The number of carbonyl (C=O) groups is 1. The average molecular weight is 281 g/mol. The highest BCUT2D eigenvalue weighted by Crippen LogP contribution is 2.20. The minimum atomic E-state index is -0.250. The molecule has 0 aromatic heterocycles. The fourth-order valence-corrected chi connectivity index (χ4v) is 1.75. The quantitative estimate of drug-likeness (QED) is 0.818. The van der Waals surface area contributed by atoms with Gasteiger partial charge in [-0.2, -0.15) is 5.26 Å². The molecule has 0 bridgehead atoms. The van der Waals surface area contributed by atoms with E-state index >= 15 is 0 Å². The molecule has 2 aromatic carbocycles. The lowest BCUT2D eigenvalue weighted by Gasteiger charge is -2.09. The molecule has 5 nitrogen and oxygen atoms in total. The third-order valence-corrected chi connectivity index (χ3v) is 2.82. The zero-order valence-electron chi connectivity index (χ0n) is 11.4. The summed E-state index contributed by atoms with van der Waals surface area (Å²) in [6.07, 6.45) is 0. The van der Waals surface area contributed by atoms with Crippen LogP contribution in [0.25, 0.3) is 0 Å². The van der Waals surface area contributed by atoms with Crippen LogP contribution in [0.5, 0.6) is 5.75 Å². The van der Waals surface area contributed by atoms with Gasteiger partial charge in [0.25, 0.3) is 5.91 Å². The Kier molecular flexibility index (Phi) is 4.78. The first-order valence-electron chi connectivity index (χ1n) is 6.42. The number of hydrogen-bond acceptors (Lipinski definition) is 4. The Hall–Kier alpha value is -3.00. The lowest BCUT2D eigenvalue weighted by molar-refractivity contribution is -0.123. The van der Waals surface area contributed by atoms with Gasteiger partial charge in [-0.05, 0) is 23.8 Å². The van der Waals surface area contributed by atoms with Crippen molar-refractivity contribution in [1.82, 2.24) is 5.32 Å². The Bertz CT molecular complexity index is 663. The summed E-state index contributed by atoms with van der Waals surface area (Å²) in [5.41, 5.74) is 7.39. The van der Waals surface area contributed by atoms with E-state index in [1.54, 1.807) is 12.1 Å². The van der Waals surface area contributed by atoms with E-state index in [-0.39, 0.29) is 12.5 Å². The maximum atomic E-state index is 11.7. The molecule has 3 N–H and O–H groups in total. The number of ether oxygens (including phenoxy) is 1. The molecule has 0 aliphatic heterocycles. The molecule has 2 aromatic rings. The van der Waals surface area contributed by atoms with Gasteiger partial charge in [-0.3, -0.25) is 4.79 Å². The maximum Gasteiger partial charge on any atom is 0.258 e. The van der Waals surface area contributed by atoms with Gasteiger partial charge >= 0.3 is 0 Å². The molecule has 0 unspecified atom stereocenters. The van der Waals surface area contributed by atoms with Crippen LogP contribution in [0, 0.1) is 11.3 Å². The third kappa shape index (κ3) is 4.25. The number of hydrogen-bond donors (Lipinski definition) is 2. The summed E-state index contributed by atoms with van der Waals surface area (Å²) in [5, 5.41) is 11.7. The number of nitrogens with zero attached hydrogens (tertiary/aromatic N) is 1. The maximum absolute atomic E-state index is 11.7. The number of rotatable bonds is 5. The van der Waals surface area contributed by atoms with Gasteiger partial charge in [0, 0.05) is 12.2 Å². The minimum Gasteiger partial charge on any atom is -0.482 e. The van der Waals surface area contributed by atoms with Crippen molar-refractivity contribution in [3.63, 3.8) is 0 Å². The molecule has 106 valence electrons. The first-order valence-corrected chi connectivity index (χ1v) is 6.42. The van der Waals surface area contributed by atoms with Crippen molar-refractivity contribution in [2.24, 2.45) is 0 Å². The van der Waals surface area contributed by atoms with E-state index in [1.807, 2.05) is 36.4 Å². The smallest absolute Gasteiger partial charge is 0.258 e. The Balaban J connectivity index is 1.86. The van der Waals surface area contributed by atoms with E-state index in [0.29, 0.717) is 23.5 Å². The van der Waals surface area contributed by atoms with Gasteiger partial charge in [0.2, 0.25) is 0 Å². The lowest BCUT2D eigenvalue weighted by atomic mass is 10.2. The van der Waals surface area contributed by atoms with Gasteiger partial charge in [-0.15, -0.1) is 0 Å². The molecule has 0 radical (unpaired) electrons. The predicted molar refractivity (Wildman–Crippen MR) is 79.4 cm³/mol. The lowest BCUT2D eigenvalue weighted by Crippen LogP contribution is -2.28. The minimum absolute atomic E-state index is 0.147. The number of amides is 1. The molecule has 0 aliphatic rings. The second-order valence-electron chi connectivity index (χ2n) is 4.42. The van der Waals surface area contributed by atoms with E-state index in [1.165, 1.54) is 6.07 Å². The highest BCUT2D eigenvalue weighted by molar-refractivity contribution is 5.77. The van der Waals surface area contributed by atoms with Gasteiger partial charge in [0.05, 0.1) is 5.56 Å². The molecule has 5 heteroatoms. The van der Waals surface area contributed by atoms with Crippen molar-refractivity contribution in [1.29, 1.82) is 5.26 Å². The summed E-state index contributed by atoms with van der Waals surface area (Å²) in [6, 6.07) is 16.3. The van der Waals surface area contributed by atoms with Crippen LogP contribution < -0.4 is 15.8 Å². The number of nitrogen functional groups attached to an aromatic ring is 1. The zero-order valence-corrected chi connectivity index (χ0v) is 11.4. The van der Waals surface area contributed by atoms with Crippen LogP contribution in [0.1, 0.15) is 11.1 Å². The molecule has 2 rings (SSSR count). The van der Waals surface area contributed by atoms with Crippen molar-refractivity contribution in [3.8, 4) is 11.8 Å². The van der Waals surface area contributed by atoms with Crippen LogP contribution in [0.15, 0.2) is 48.5 Å². The van der Waals surface area contributed by atoms with E-state index in [9.17, 15) is 4.79 Å². The van der Waals surface area contributed by atoms with Gasteiger partial charge in [-0.1, -0.05) is 30.3 Å². The second-order valence-corrected chi connectivity index (χ2v) is 4.42. The number of benzene rings is 2. The highest BCUT2D eigenvalue weighted by Gasteiger charge is 2.07. The molecular weight excluding hydrogens is 266 g/mol. The Morgan fingerprint density at radius 1 is 1.24 bits per heavy atom. The number of nitriles is 1. The normalized spacial score (nSPS) is 9.67. The highest BCUT2D eigenvalue weighted by atomic mass is 16.5. The van der Waals surface area contributed by atoms with Crippen molar-refractivity contribution in [2.45, 2.75) is 6.54 Å². The largest absolute Gasteiger partial charge is 0.482 e. The molecule has 0 saturated carbocycles. The van der Waals surface area contributed by atoms with Crippen LogP contribution in [-0.4, -0.2) is 12.5 Å². The summed E-state index contributed by atoms with van der Waals surface area (Å²) >= 11 is 0. The summed E-state index contributed by atoms with van der Waals surface area (Å²) in [5.74, 6) is 0.0983. The first-order chi connectivity index (χ1) is 10.2. The SMILES string of the molecule is N#Cc1cc(N)ccc1OCC(=O)NCc1ccccc1. The van der Waals surface area contributed by atoms with Crippen molar-refractivity contribution in [3.05, 3.63) is 59.7 Å². The Morgan fingerprint density at radius 3 is 2.71 bits per heavy atom. The molecule has 0 atom stereocenters. The van der Waals surface area contributed by atoms with Gasteiger partial charge in [0.1, 0.15) is 11.8 Å². The predicted octanol–water partition coefficient (Wildman–Crippen LogP) is 1.84. The number of nitrogens with one attached hydrogen (secondary N) is 1. The van der Waals surface area contributed by atoms with Crippen LogP contribution in [0.3, 0.4) is 0 Å². The fourth-order valence-electron chi connectivity index (χ4n) is 1.75. The van der Waals surface area contributed by atoms with Gasteiger partial charge in [0.15, 0.2) is 6.61 Å². The molecule has 0 spiro atoms. The van der Waals surface area contributed by atoms with E-state index < -0.39 is 0 Å². The first kappa shape index (κ1) is 14.4. The number of carbonyl (C=O) groups excluding carboxylic acids is 1. The zero-order chi connectivity index (χ0) is 15.1. The summed E-state index contributed by atoms with van der Waals surface area (Å²) in [7, 11) is 0. The third-order valence-electron chi connectivity index (χ3n) is 2.82. The topological polar surface area (TPSA) is 88.1 Å². The van der Waals surface area contributed by atoms with Crippen molar-refractivity contribution in [2.75, 3.05) is 12.3 Å². The Labute approximate surface area is 123 Å².